The van der Waals surface area contributed by atoms with Crippen molar-refractivity contribution in [3.8, 4) is 0 Å². The van der Waals surface area contributed by atoms with E-state index in [0.29, 0.717) is 12.1 Å². The van der Waals surface area contributed by atoms with Crippen molar-refractivity contribution in [1.29, 1.82) is 0 Å². The number of hydrogen-bond donors (Lipinski definition) is 3. The second-order valence-electron chi connectivity index (χ2n) is 6.95. The minimum atomic E-state index is -0.818. The summed E-state index contributed by atoms with van der Waals surface area (Å²) in [5, 5.41) is 6.62. The van der Waals surface area contributed by atoms with E-state index in [9.17, 15) is 14.0 Å². The van der Waals surface area contributed by atoms with Crippen LogP contribution >= 0.6 is 0 Å². The minimum absolute atomic E-state index is 0.285. The van der Waals surface area contributed by atoms with Gasteiger partial charge in [0.1, 0.15) is 11.9 Å². The molecule has 0 radical (unpaired) electrons. The van der Waals surface area contributed by atoms with Crippen molar-refractivity contribution in [2.45, 2.75) is 12.5 Å². The molecule has 1 heterocycles. The molecule has 5 nitrogen and oxygen atoms in total. The predicted molar refractivity (Wildman–Crippen MR) is 115 cm³/mol. The first-order valence-corrected chi connectivity index (χ1v) is 9.57. The zero-order valence-electron chi connectivity index (χ0n) is 16.1. The van der Waals surface area contributed by atoms with Crippen LogP contribution in [0.4, 0.5) is 10.1 Å². The highest BCUT2D eigenvalue weighted by molar-refractivity contribution is 6.01. The molecule has 150 valence electrons. The maximum atomic E-state index is 13.2. The molecular weight excluding hydrogens is 381 g/mol. The van der Waals surface area contributed by atoms with Crippen LogP contribution in [0, 0.1) is 5.82 Å². The standard InChI is InChI=1S/C24H20FN3O2/c25-18-12-10-16(11-13-18)23(29)28-22(24(30)27-19-6-2-1-3-7-19)14-17-15-26-21-9-5-4-8-20(17)21/h1-13,15,22,26H,14H2,(H,27,30)(H,28,29). The second kappa shape index (κ2) is 8.61. The van der Waals surface area contributed by atoms with Crippen molar-refractivity contribution in [2.75, 3.05) is 5.32 Å². The molecule has 6 heteroatoms. The molecule has 2 amide bonds. The van der Waals surface area contributed by atoms with Crippen molar-refractivity contribution in [3.63, 3.8) is 0 Å². The average Bonchev–Trinajstić information content (AvgIpc) is 3.17. The summed E-state index contributed by atoms with van der Waals surface area (Å²) >= 11 is 0. The average molecular weight is 401 g/mol. The number of H-pyrrole nitrogens is 1. The normalized spacial score (nSPS) is 11.8. The minimum Gasteiger partial charge on any atom is -0.361 e. The van der Waals surface area contributed by atoms with E-state index in [1.165, 1.54) is 24.3 Å². The van der Waals surface area contributed by atoms with E-state index in [-0.39, 0.29) is 11.5 Å². The Morgan fingerprint density at radius 2 is 1.60 bits per heavy atom. The molecule has 0 fully saturated rings. The Kier molecular flexibility index (Phi) is 5.57. The van der Waals surface area contributed by atoms with E-state index in [4.69, 9.17) is 0 Å². The van der Waals surface area contributed by atoms with E-state index < -0.39 is 17.8 Å². The van der Waals surface area contributed by atoms with Crippen LogP contribution in [-0.4, -0.2) is 22.8 Å². The molecule has 0 saturated carbocycles. The van der Waals surface area contributed by atoms with Crippen LogP contribution in [0.25, 0.3) is 10.9 Å². The van der Waals surface area contributed by atoms with Gasteiger partial charge in [-0.3, -0.25) is 9.59 Å². The van der Waals surface area contributed by atoms with Gasteiger partial charge < -0.3 is 15.6 Å². The van der Waals surface area contributed by atoms with Crippen LogP contribution in [-0.2, 0) is 11.2 Å². The largest absolute Gasteiger partial charge is 0.361 e. The van der Waals surface area contributed by atoms with E-state index >= 15 is 0 Å². The van der Waals surface area contributed by atoms with Gasteiger partial charge in [-0.25, -0.2) is 4.39 Å². The van der Waals surface area contributed by atoms with Crippen molar-refractivity contribution in [2.24, 2.45) is 0 Å². The molecule has 1 atom stereocenters. The summed E-state index contributed by atoms with van der Waals surface area (Å²) in [6.45, 7) is 0. The lowest BCUT2D eigenvalue weighted by Gasteiger charge is -2.18. The Morgan fingerprint density at radius 1 is 0.900 bits per heavy atom. The van der Waals surface area contributed by atoms with Crippen LogP contribution in [0.1, 0.15) is 15.9 Å². The number of para-hydroxylation sites is 2. The third kappa shape index (κ3) is 4.38. The van der Waals surface area contributed by atoms with Gasteiger partial charge in [-0.05, 0) is 48.0 Å². The SMILES string of the molecule is O=C(NC(Cc1c[nH]c2ccccc12)C(=O)Nc1ccccc1)c1ccc(F)cc1. The van der Waals surface area contributed by atoms with Gasteiger partial charge in [-0.15, -0.1) is 0 Å². The van der Waals surface area contributed by atoms with E-state index in [1.54, 1.807) is 12.1 Å². The molecule has 0 aliphatic carbocycles. The highest BCUT2D eigenvalue weighted by Gasteiger charge is 2.23. The lowest BCUT2D eigenvalue weighted by atomic mass is 10.0. The number of aromatic nitrogens is 1. The second-order valence-corrected chi connectivity index (χ2v) is 6.95. The highest BCUT2D eigenvalue weighted by Crippen LogP contribution is 2.20. The van der Waals surface area contributed by atoms with Gasteiger partial charge in [-0.1, -0.05) is 36.4 Å². The molecule has 0 saturated heterocycles. The van der Waals surface area contributed by atoms with Gasteiger partial charge in [0, 0.05) is 34.8 Å². The number of nitrogens with one attached hydrogen (secondary N) is 3. The van der Waals surface area contributed by atoms with Gasteiger partial charge in [0.15, 0.2) is 0 Å². The molecule has 1 aromatic heterocycles. The first kappa shape index (κ1) is 19.4. The Hall–Kier alpha value is -3.93. The fourth-order valence-electron chi connectivity index (χ4n) is 3.32. The summed E-state index contributed by atoms with van der Waals surface area (Å²) in [4.78, 5) is 28.9. The summed E-state index contributed by atoms with van der Waals surface area (Å²) in [6, 6.07) is 21.2. The summed E-state index contributed by atoms with van der Waals surface area (Å²) in [5.74, 6) is -1.20. The summed E-state index contributed by atoms with van der Waals surface area (Å²) in [5.41, 5.74) is 2.80. The first-order chi connectivity index (χ1) is 14.6. The number of halogens is 1. The fourth-order valence-corrected chi connectivity index (χ4v) is 3.32. The van der Waals surface area contributed by atoms with Crippen molar-refractivity contribution in [1.82, 2.24) is 10.3 Å². The number of carbonyl (C=O) groups is 2. The molecule has 3 aromatic carbocycles. The molecular formula is C24H20FN3O2. The molecule has 4 rings (SSSR count). The summed E-state index contributed by atoms with van der Waals surface area (Å²) in [7, 11) is 0. The molecule has 4 aromatic rings. The van der Waals surface area contributed by atoms with Crippen molar-refractivity contribution in [3.05, 3.63) is 102 Å². The molecule has 3 N–H and O–H groups in total. The number of carbonyl (C=O) groups excluding carboxylic acids is 2. The first-order valence-electron chi connectivity index (χ1n) is 9.57. The summed E-state index contributed by atoms with van der Waals surface area (Å²) in [6.07, 6.45) is 2.15. The number of amides is 2. The number of aromatic amines is 1. The third-order valence-corrected chi connectivity index (χ3v) is 4.87. The molecule has 1 unspecified atom stereocenters. The Labute approximate surface area is 172 Å². The lowest BCUT2D eigenvalue weighted by Crippen LogP contribution is -2.45. The Bertz CT molecular complexity index is 1170. The monoisotopic (exact) mass is 401 g/mol. The van der Waals surface area contributed by atoms with E-state index in [1.807, 2.05) is 48.7 Å². The smallest absolute Gasteiger partial charge is 0.251 e. The molecule has 0 bridgehead atoms. The van der Waals surface area contributed by atoms with Crippen LogP contribution < -0.4 is 10.6 Å². The van der Waals surface area contributed by atoms with Crippen molar-refractivity contribution < 1.29 is 14.0 Å². The summed E-state index contributed by atoms with van der Waals surface area (Å²) < 4.78 is 13.2. The number of hydrogen-bond acceptors (Lipinski definition) is 2. The topological polar surface area (TPSA) is 74.0 Å². The molecule has 30 heavy (non-hydrogen) atoms. The predicted octanol–water partition coefficient (Wildman–Crippen LogP) is 4.29. The Morgan fingerprint density at radius 3 is 2.37 bits per heavy atom. The zero-order valence-corrected chi connectivity index (χ0v) is 16.1. The van der Waals surface area contributed by atoms with Gasteiger partial charge in [0.25, 0.3) is 5.91 Å². The lowest BCUT2D eigenvalue weighted by molar-refractivity contribution is -0.118. The van der Waals surface area contributed by atoms with Gasteiger partial charge >= 0.3 is 0 Å². The van der Waals surface area contributed by atoms with Crippen LogP contribution in [0.15, 0.2) is 85.1 Å². The van der Waals surface area contributed by atoms with Gasteiger partial charge in [0.05, 0.1) is 0 Å². The number of anilines is 1. The van der Waals surface area contributed by atoms with Crippen molar-refractivity contribution >= 4 is 28.4 Å². The van der Waals surface area contributed by atoms with Crippen LogP contribution in [0.2, 0.25) is 0 Å². The molecule has 0 aliphatic heterocycles. The van der Waals surface area contributed by atoms with Gasteiger partial charge in [-0.2, -0.15) is 0 Å². The van der Waals surface area contributed by atoms with Gasteiger partial charge in [0.2, 0.25) is 5.91 Å². The maximum Gasteiger partial charge on any atom is 0.251 e. The molecule has 0 spiro atoms. The van der Waals surface area contributed by atoms with Crippen LogP contribution in [0.3, 0.4) is 0 Å². The quantitative estimate of drug-likeness (QED) is 0.451. The highest BCUT2D eigenvalue weighted by atomic mass is 19.1. The van der Waals surface area contributed by atoms with E-state index in [0.717, 1.165) is 16.5 Å². The number of benzene rings is 3. The number of rotatable bonds is 6. The fraction of sp³-hybridized carbons (Fsp3) is 0.0833. The Balaban J connectivity index is 1.59. The molecule has 0 aliphatic rings. The maximum absolute atomic E-state index is 13.2. The number of fused-ring (bicyclic) bond motifs is 1. The van der Waals surface area contributed by atoms with E-state index in [2.05, 4.69) is 15.6 Å². The third-order valence-electron chi connectivity index (χ3n) is 4.87. The zero-order chi connectivity index (χ0) is 20.9. The van der Waals surface area contributed by atoms with Crippen LogP contribution in [0.5, 0.6) is 0 Å².